The maximum Gasteiger partial charge on any atom is 0.317 e. The van der Waals surface area contributed by atoms with Gasteiger partial charge in [-0.05, 0) is 45.4 Å². The number of aliphatic carboxylic acids is 1. The second-order valence-electron chi connectivity index (χ2n) is 5.78. The predicted octanol–water partition coefficient (Wildman–Crippen LogP) is 2.48. The lowest BCUT2D eigenvalue weighted by Crippen LogP contribution is -2.45. The van der Waals surface area contributed by atoms with Crippen LogP contribution in [-0.2, 0) is 4.79 Å². The molecule has 114 valence electrons. The number of nitrogens with zero attached hydrogens (tertiary/aromatic N) is 1. The number of amides is 2. The fourth-order valence-electron chi connectivity index (χ4n) is 2.61. The SMILES string of the molecule is C=CCN(C(=O)NCC1CCC(C(=O)O)CC1)C(C)C. The van der Waals surface area contributed by atoms with Crippen LogP contribution >= 0.6 is 0 Å². The van der Waals surface area contributed by atoms with E-state index in [1.54, 1.807) is 11.0 Å². The molecule has 0 aliphatic heterocycles. The molecule has 0 radical (unpaired) electrons. The molecule has 0 aromatic rings. The van der Waals surface area contributed by atoms with Crippen molar-refractivity contribution < 1.29 is 14.7 Å². The molecule has 0 heterocycles. The summed E-state index contributed by atoms with van der Waals surface area (Å²) in [4.78, 5) is 24.7. The van der Waals surface area contributed by atoms with Gasteiger partial charge in [-0.2, -0.15) is 0 Å². The highest BCUT2D eigenvalue weighted by molar-refractivity contribution is 5.74. The Kier molecular flexibility index (Phi) is 6.55. The minimum atomic E-state index is -0.690. The van der Waals surface area contributed by atoms with Crippen molar-refractivity contribution in [2.24, 2.45) is 11.8 Å². The van der Waals surface area contributed by atoms with Crippen molar-refractivity contribution in [3.8, 4) is 0 Å². The van der Waals surface area contributed by atoms with E-state index in [0.717, 1.165) is 25.7 Å². The molecule has 0 bridgehead atoms. The topological polar surface area (TPSA) is 69.6 Å². The van der Waals surface area contributed by atoms with Crippen LogP contribution in [0.25, 0.3) is 0 Å². The summed E-state index contributed by atoms with van der Waals surface area (Å²) in [6.45, 7) is 8.78. The lowest BCUT2D eigenvalue weighted by molar-refractivity contribution is -0.143. The summed E-state index contributed by atoms with van der Waals surface area (Å²) in [5.41, 5.74) is 0. The first-order valence-corrected chi connectivity index (χ1v) is 7.33. The lowest BCUT2D eigenvalue weighted by Gasteiger charge is -2.29. The maximum absolute atomic E-state index is 12.1. The molecule has 0 spiro atoms. The minimum absolute atomic E-state index is 0.0692. The number of hydrogen-bond acceptors (Lipinski definition) is 2. The third-order valence-electron chi connectivity index (χ3n) is 3.95. The number of nitrogens with one attached hydrogen (secondary N) is 1. The molecule has 5 heteroatoms. The average molecular weight is 282 g/mol. The summed E-state index contributed by atoms with van der Waals surface area (Å²) in [5.74, 6) is -0.494. The van der Waals surface area contributed by atoms with E-state index in [-0.39, 0.29) is 18.0 Å². The monoisotopic (exact) mass is 282 g/mol. The van der Waals surface area contributed by atoms with Crippen LogP contribution in [0.15, 0.2) is 12.7 Å². The molecule has 1 saturated carbocycles. The van der Waals surface area contributed by atoms with E-state index in [9.17, 15) is 9.59 Å². The van der Waals surface area contributed by atoms with Gasteiger partial charge in [0.15, 0.2) is 0 Å². The number of hydrogen-bond donors (Lipinski definition) is 2. The Bertz CT molecular complexity index is 347. The van der Waals surface area contributed by atoms with Crippen LogP contribution in [0, 0.1) is 11.8 Å². The molecule has 2 N–H and O–H groups in total. The minimum Gasteiger partial charge on any atom is -0.481 e. The average Bonchev–Trinajstić information content (AvgIpc) is 2.42. The van der Waals surface area contributed by atoms with Crippen molar-refractivity contribution in [1.82, 2.24) is 10.2 Å². The van der Waals surface area contributed by atoms with E-state index in [1.165, 1.54) is 0 Å². The van der Waals surface area contributed by atoms with Gasteiger partial charge in [0, 0.05) is 19.1 Å². The van der Waals surface area contributed by atoms with Gasteiger partial charge >= 0.3 is 12.0 Å². The third kappa shape index (κ3) is 4.87. The molecule has 0 atom stereocenters. The fraction of sp³-hybridized carbons (Fsp3) is 0.733. The van der Waals surface area contributed by atoms with E-state index in [0.29, 0.717) is 19.0 Å². The third-order valence-corrected chi connectivity index (χ3v) is 3.95. The zero-order valence-electron chi connectivity index (χ0n) is 12.5. The van der Waals surface area contributed by atoms with Crippen LogP contribution in [-0.4, -0.2) is 41.1 Å². The predicted molar refractivity (Wildman–Crippen MR) is 78.5 cm³/mol. The number of carbonyl (C=O) groups is 2. The van der Waals surface area contributed by atoms with Crippen molar-refractivity contribution in [3.63, 3.8) is 0 Å². The highest BCUT2D eigenvalue weighted by Crippen LogP contribution is 2.28. The molecule has 0 saturated heterocycles. The van der Waals surface area contributed by atoms with Crippen LogP contribution in [0.4, 0.5) is 4.79 Å². The van der Waals surface area contributed by atoms with Gasteiger partial charge in [0.2, 0.25) is 0 Å². The van der Waals surface area contributed by atoms with Gasteiger partial charge in [-0.1, -0.05) is 6.08 Å². The van der Waals surface area contributed by atoms with Crippen LogP contribution < -0.4 is 5.32 Å². The quantitative estimate of drug-likeness (QED) is 0.735. The number of carboxylic acids is 1. The van der Waals surface area contributed by atoms with Crippen molar-refractivity contribution in [2.45, 2.75) is 45.6 Å². The Morgan fingerprint density at radius 3 is 2.40 bits per heavy atom. The molecule has 20 heavy (non-hydrogen) atoms. The van der Waals surface area contributed by atoms with E-state index in [1.807, 2.05) is 13.8 Å². The molecule has 1 rings (SSSR count). The molecule has 5 nitrogen and oxygen atoms in total. The Hall–Kier alpha value is -1.52. The highest BCUT2D eigenvalue weighted by atomic mass is 16.4. The van der Waals surface area contributed by atoms with E-state index in [4.69, 9.17) is 5.11 Å². The molecule has 0 aromatic heterocycles. The molecular formula is C15H26N2O3. The Morgan fingerprint density at radius 2 is 1.95 bits per heavy atom. The van der Waals surface area contributed by atoms with E-state index in [2.05, 4.69) is 11.9 Å². The Balaban J connectivity index is 2.34. The number of rotatable bonds is 6. The standard InChI is InChI=1S/C15H26N2O3/c1-4-9-17(11(2)3)15(20)16-10-12-5-7-13(8-6-12)14(18)19/h4,11-13H,1,5-10H2,2-3H3,(H,16,20)(H,18,19). The summed E-state index contributed by atoms with van der Waals surface area (Å²) in [6.07, 6.45) is 4.91. The highest BCUT2D eigenvalue weighted by Gasteiger charge is 2.26. The van der Waals surface area contributed by atoms with Crippen molar-refractivity contribution in [2.75, 3.05) is 13.1 Å². The smallest absolute Gasteiger partial charge is 0.317 e. The largest absolute Gasteiger partial charge is 0.481 e. The zero-order chi connectivity index (χ0) is 15.1. The summed E-state index contributed by atoms with van der Waals surface area (Å²) in [6, 6.07) is 0.0657. The van der Waals surface area contributed by atoms with Crippen LogP contribution in [0.5, 0.6) is 0 Å². The molecule has 0 unspecified atom stereocenters. The van der Waals surface area contributed by atoms with E-state index >= 15 is 0 Å². The number of carboxylic acid groups (broad SMARTS) is 1. The van der Waals surface area contributed by atoms with Crippen molar-refractivity contribution in [3.05, 3.63) is 12.7 Å². The number of carbonyl (C=O) groups excluding carboxylic acids is 1. The van der Waals surface area contributed by atoms with Gasteiger partial charge in [-0.15, -0.1) is 6.58 Å². The first-order chi connectivity index (χ1) is 9.45. The number of urea groups is 1. The van der Waals surface area contributed by atoms with E-state index < -0.39 is 5.97 Å². The Morgan fingerprint density at radius 1 is 1.35 bits per heavy atom. The van der Waals surface area contributed by atoms with Crippen LogP contribution in [0.2, 0.25) is 0 Å². The lowest BCUT2D eigenvalue weighted by atomic mass is 9.82. The van der Waals surface area contributed by atoms with Crippen LogP contribution in [0.1, 0.15) is 39.5 Å². The molecule has 0 aromatic carbocycles. The Labute approximate surface area is 121 Å². The molecular weight excluding hydrogens is 256 g/mol. The fourth-order valence-corrected chi connectivity index (χ4v) is 2.61. The van der Waals surface area contributed by atoms with Crippen molar-refractivity contribution >= 4 is 12.0 Å². The zero-order valence-corrected chi connectivity index (χ0v) is 12.5. The summed E-state index contributed by atoms with van der Waals surface area (Å²) in [5, 5.41) is 11.9. The normalized spacial score (nSPS) is 22.4. The summed E-state index contributed by atoms with van der Waals surface area (Å²) in [7, 11) is 0. The first kappa shape index (κ1) is 16.5. The molecule has 1 aliphatic rings. The van der Waals surface area contributed by atoms with Gasteiger partial charge in [0.05, 0.1) is 5.92 Å². The van der Waals surface area contributed by atoms with Gasteiger partial charge < -0.3 is 15.3 Å². The first-order valence-electron chi connectivity index (χ1n) is 7.33. The molecule has 2 amide bonds. The summed E-state index contributed by atoms with van der Waals surface area (Å²) >= 11 is 0. The molecule has 1 fully saturated rings. The van der Waals surface area contributed by atoms with Gasteiger partial charge in [-0.25, -0.2) is 4.79 Å². The van der Waals surface area contributed by atoms with Gasteiger partial charge in [0.1, 0.15) is 0 Å². The van der Waals surface area contributed by atoms with Gasteiger partial charge in [0.25, 0.3) is 0 Å². The summed E-state index contributed by atoms with van der Waals surface area (Å²) < 4.78 is 0. The second kappa shape index (κ2) is 7.92. The second-order valence-corrected chi connectivity index (χ2v) is 5.78. The maximum atomic E-state index is 12.1. The van der Waals surface area contributed by atoms with Crippen molar-refractivity contribution in [1.29, 1.82) is 0 Å². The molecule has 1 aliphatic carbocycles. The van der Waals surface area contributed by atoms with Crippen LogP contribution in [0.3, 0.4) is 0 Å². The van der Waals surface area contributed by atoms with Gasteiger partial charge in [-0.3, -0.25) is 4.79 Å².